The van der Waals surface area contributed by atoms with Crippen LogP contribution in [0.1, 0.15) is 106 Å². The predicted octanol–water partition coefficient (Wildman–Crippen LogP) is 7.00. The van der Waals surface area contributed by atoms with E-state index in [0.29, 0.717) is 23.2 Å². The Bertz CT molecular complexity index is 693. The third-order valence-corrected chi connectivity index (χ3v) is 11.2. The zero-order valence-corrected chi connectivity index (χ0v) is 21.5. The van der Waals surface area contributed by atoms with Crippen molar-refractivity contribution in [2.45, 2.75) is 118 Å². The van der Waals surface area contributed by atoms with Gasteiger partial charge in [-0.2, -0.15) is 0 Å². The first-order valence-electron chi connectivity index (χ1n) is 13.5. The Morgan fingerprint density at radius 2 is 1.61 bits per heavy atom. The van der Waals surface area contributed by atoms with Crippen molar-refractivity contribution in [1.29, 1.82) is 0 Å². The number of hydrogen-bond acceptors (Lipinski definition) is 2. The lowest BCUT2D eigenvalue weighted by atomic mass is 9.43. The summed E-state index contributed by atoms with van der Waals surface area (Å²) in [5.74, 6) is 4.07. The second-order valence-corrected chi connectivity index (χ2v) is 13.6. The lowest BCUT2D eigenvalue weighted by molar-refractivity contribution is -0.111. The average molecular weight is 431 g/mol. The van der Waals surface area contributed by atoms with Gasteiger partial charge in [0.25, 0.3) is 0 Å². The smallest absolute Gasteiger partial charge is 0.0757 e. The minimum Gasteiger partial charge on any atom is -0.392 e. The van der Waals surface area contributed by atoms with Crippen LogP contribution in [0.15, 0.2) is 11.6 Å². The minimum atomic E-state index is -0.336. The van der Waals surface area contributed by atoms with E-state index in [-0.39, 0.29) is 23.0 Å². The number of hydrogen-bond donors (Lipinski definition) is 2. The fourth-order valence-electron chi connectivity index (χ4n) is 9.36. The normalized spacial score (nSPS) is 47.4. The highest BCUT2D eigenvalue weighted by atomic mass is 16.3. The van der Waals surface area contributed by atoms with E-state index < -0.39 is 0 Å². The van der Waals surface area contributed by atoms with Crippen LogP contribution in [0, 0.1) is 51.8 Å². The van der Waals surface area contributed by atoms with E-state index >= 15 is 0 Å². The highest BCUT2D eigenvalue weighted by Crippen LogP contribution is 2.68. The van der Waals surface area contributed by atoms with Crippen LogP contribution in [-0.2, 0) is 0 Å². The van der Waals surface area contributed by atoms with Crippen molar-refractivity contribution >= 4 is 0 Å². The van der Waals surface area contributed by atoms with Crippen molar-refractivity contribution in [2.75, 3.05) is 0 Å². The molecule has 0 aromatic rings. The van der Waals surface area contributed by atoms with Crippen LogP contribution in [-0.4, -0.2) is 22.4 Å². The van der Waals surface area contributed by atoms with Crippen molar-refractivity contribution < 1.29 is 10.2 Å². The van der Waals surface area contributed by atoms with Gasteiger partial charge in [0.1, 0.15) is 0 Å². The first-order valence-corrected chi connectivity index (χ1v) is 13.5. The molecule has 0 aromatic heterocycles. The Morgan fingerprint density at radius 1 is 0.903 bits per heavy atom. The maximum atomic E-state index is 11.5. The van der Waals surface area contributed by atoms with Gasteiger partial charge in [-0.15, -0.1) is 0 Å². The van der Waals surface area contributed by atoms with E-state index in [1.807, 2.05) is 0 Å². The summed E-state index contributed by atoms with van der Waals surface area (Å²) in [6.07, 6.45) is 12.9. The second kappa shape index (κ2) is 8.15. The molecule has 2 nitrogen and oxygen atoms in total. The molecular formula is C29H50O2. The van der Waals surface area contributed by atoms with Crippen LogP contribution in [0.5, 0.6) is 0 Å². The molecular weight excluding hydrogens is 380 g/mol. The van der Waals surface area contributed by atoms with Gasteiger partial charge >= 0.3 is 0 Å². The molecule has 0 bridgehead atoms. The number of rotatable bonds is 5. The summed E-state index contributed by atoms with van der Waals surface area (Å²) in [4.78, 5) is 0. The van der Waals surface area contributed by atoms with Gasteiger partial charge in [0.15, 0.2) is 0 Å². The maximum absolute atomic E-state index is 11.5. The second-order valence-electron chi connectivity index (χ2n) is 13.6. The standard InChI is InChI=1S/C29H50O2/c1-18(2)9-8-10-19(3)20-11-12-21-26-22(13-15-28(20,21)6)29(7)16-14-25(31)27(4,5)24(29)17-23(26)30/h17-23,25-26,30-31H,8-16H2,1-7H3/t19-,20-,21+,22+,23+,25+,26+,28-,29-/m1/s1. The van der Waals surface area contributed by atoms with Crippen molar-refractivity contribution in [2.24, 2.45) is 51.8 Å². The van der Waals surface area contributed by atoms with Crippen molar-refractivity contribution in [3.63, 3.8) is 0 Å². The van der Waals surface area contributed by atoms with E-state index in [0.717, 1.165) is 30.6 Å². The fourth-order valence-corrected chi connectivity index (χ4v) is 9.36. The summed E-state index contributed by atoms with van der Waals surface area (Å²) in [5.41, 5.74) is 1.68. The SMILES string of the molecule is CC(C)CCC[C@@H](C)[C@H]1CC[C@H]2[C@@H]3[C@@H](O)C=C4C(C)(C)[C@@H](O)CC[C@]4(C)[C@H]3CC[C@]12C. The molecule has 9 atom stereocenters. The Labute approximate surface area is 192 Å². The largest absolute Gasteiger partial charge is 0.392 e. The van der Waals surface area contributed by atoms with Gasteiger partial charge in [0, 0.05) is 5.41 Å². The predicted molar refractivity (Wildman–Crippen MR) is 130 cm³/mol. The van der Waals surface area contributed by atoms with Crippen LogP contribution in [0.3, 0.4) is 0 Å². The van der Waals surface area contributed by atoms with E-state index in [4.69, 9.17) is 0 Å². The van der Waals surface area contributed by atoms with E-state index in [9.17, 15) is 10.2 Å². The molecule has 0 amide bonds. The molecule has 0 unspecified atom stereocenters. The lowest BCUT2D eigenvalue weighted by Gasteiger charge is -2.62. The van der Waals surface area contributed by atoms with Crippen molar-refractivity contribution in [3.8, 4) is 0 Å². The van der Waals surface area contributed by atoms with Crippen LogP contribution < -0.4 is 0 Å². The number of aliphatic hydroxyl groups is 2. The van der Waals surface area contributed by atoms with Gasteiger partial charge in [-0.05, 0) is 84.9 Å². The summed E-state index contributed by atoms with van der Waals surface area (Å²) in [5, 5.41) is 22.2. The minimum absolute atomic E-state index is 0.148. The zero-order valence-electron chi connectivity index (χ0n) is 21.5. The Balaban J connectivity index is 1.58. The van der Waals surface area contributed by atoms with Crippen molar-refractivity contribution in [1.82, 2.24) is 0 Å². The molecule has 0 aliphatic heterocycles. The Hall–Kier alpha value is -0.340. The average Bonchev–Trinajstić information content (AvgIpc) is 3.04. The molecule has 178 valence electrons. The Kier molecular flexibility index (Phi) is 6.26. The first-order chi connectivity index (χ1) is 14.4. The molecule has 0 heterocycles. The zero-order chi connectivity index (χ0) is 22.8. The molecule has 0 radical (unpaired) electrons. The van der Waals surface area contributed by atoms with Gasteiger partial charge in [-0.1, -0.05) is 79.4 Å². The van der Waals surface area contributed by atoms with E-state index in [1.54, 1.807) is 0 Å². The molecule has 3 fully saturated rings. The summed E-state index contributed by atoms with van der Waals surface area (Å²) in [7, 11) is 0. The third-order valence-electron chi connectivity index (χ3n) is 11.2. The summed E-state index contributed by atoms with van der Waals surface area (Å²) >= 11 is 0. The van der Waals surface area contributed by atoms with Gasteiger partial charge in [0.2, 0.25) is 0 Å². The summed E-state index contributed by atoms with van der Waals surface area (Å²) in [6.45, 7) is 16.7. The topological polar surface area (TPSA) is 40.5 Å². The quantitative estimate of drug-likeness (QED) is 0.461. The fraction of sp³-hybridized carbons (Fsp3) is 0.931. The number of aliphatic hydroxyl groups excluding tert-OH is 2. The van der Waals surface area contributed by atoms with Gasteiger partial charge in [-0.25, -0.2) is 0 Å². The first kappa shape index (κ1) is 23.8. The molecule has 0 aromatic carbocycles. The van der Waals surface area contributed by atoms with E-state index in [2.05, 4.69) is 54.5 Å². The van der Waals surface area contributed by atoms with Crippen LogP contribution in [0.25, 0.3) is 0 Å². The molecule has 0 saturated heterocycles. The Morgan fingerprint density at radius 3 is 2.29 bits per heavy atom. The molecule has 2 N–H and O–H groups in total. The van der Waals surface area contributed by atoms with Crippen LogP contribution >= 0.6 is 0 Å². The van der Waals surface area contributed by atoms with Gasteiger partial charge in [-0.3, -0.25) is 0 Å². The highest BCUT2D eigenvalue weighted by molar-refractivity contribution is 5.33. The monoisotopic (exact) mass is 430 g/mol. The lowest BCUT2D eigenvalue weighted by Crippen LogP contribution is -2.58. The maximum Gasteiger partial charge on any atom is 0.0757 e. The van der Waals surface area contributed by atoms with Crippen molar-refractivity contribution in [3.05, 3.63) is 11.6 Å². The highest BCUT2D eigenvalue weighted by Gasteiger charge is 2.63. The summed E-state index contributed by atoms with van der Waals surface area (Å²) < 4.78 is 0. The van der Waals surface area contributed by atoms with Gasteiger partial charge in [0.05, 0.1) is 12.2 Å². The third kappa shape index (κ3) is 3.67. The molecule has 0 spiro atoms. The molecule has 4 rings (SSSR count). The van der Waals surface area contributed by atoms with E-state index in [1.165, 1.54) is 50.5 Å². The van der Waals surface area contributed by atoms with Gasteiger partial charge < -0.3 is 10.2 Å². The van der Waals surface area contributed by atoms with Crippen LogP contribution in [0.4, 0.5) is 0 Å². The number of fused-ring (bicyclic) bond motifs is 5. The summed E-state index contributed by atoms with van der Waals surface area (Å²) in [6, 6.07) is 0. The van der Waals surface area contributed by atoms with Crippen LogP contribution in [0.2, 0.25) is 0 Å². The molecule has 3 saturated carbocycles. The molecule has 4 aliphatic carbocycles. The molecule has 2 heteroatoms. The molecule has 4 aliphatic rings. The molecule has 31 heavy (non-hydrogen) atoms.